The number of carboxylic acids is 1. The molecule has 0 aliphatic carbocycles. The number of H-pyrrole nitrogens is 1. The SMILES string of the molecule is O=C(O)c1cc2c(C(F)(F)F)cc(Cl)cc2[nH]1. The van der Waals surface area contributed by atoms with E-state index in [-0.39, 0.29) is 21.6 Å². The maximum absolute atomic E-state index is 12.7. The number of carbonyl (C=O) groups is 1. The third-order valence-electron chi connectivity index (χ3n) is 2.24. The molecule has 0 radical (unpaired) electrons. The van der Waals surface area contributed by atoms with E-state index >= 15 is 0 Å². The maximum Gasteiger partial charge on any atom is 0.417 e. The third-order valence-corrected chi connectivity index (χ3v) is 2.46. The van der Waals surface area contributed by atoms with E-state index in [0.717, 1.165) is 12.1 Å². The van der Waals surface area contributed by atoms with Crippen molar-refractivity contribution < 1.29 is 23.1 Å². The smallest absolute Gasteiger partial charge is 0.417 e. The Labute approximate surface area is 97.8 Å². The summed E-state index contributed by atoms with van der Waals surface area (Å²) in [7, 11) is 0. The number of fused-ring (bicyclic) bond motifs is 1. The normalized spacial score (nSPS) is 12.0. The number of hydrogen-bond donors (Lipinski definition) is 2. The Kier molecular flexibility index (Phi) is 2.54. The molecule has 0 fully saturated rings. The number of benzene rings is 1. The van der Waals surface area contributed by atoms with Crippen molar-refractivity contribution in [2.45, 2.75) is 6.18 Å². The molecule has 2 rings (SSSR count). The van der Waals surface area contributed by atoms with Gasteiger partial charge in [0.15, 0.2) is 0 Å². The Bertz CT molecular complexity index is 603. The number of halogens is 4. The molecular weight excluding hydrogens is 259 g/mol. The molecular formula is C10H5ClF3NO2. The predicted octanol–water partition coefficient (Wildman–Crippen LogP) is 3.54. The van der Waals surface area contributed by atoms with Gasteiger partial charge in [0.1, 0.15) is 5.69 Å². The van der Waals surface area contributed by atoms with Crippen LogP contribution in [0.4, 0.5) is 13.2 Å². The molecule has 0 atom stereocenters. The molecule has 17 heavy (non-hydrogen) atoms. The summed E-state index contributed by atoms with van der Waals surface area (Å²) in [6.07, 6.45) is -4.58. The van der Waals surface area contributed by atoms with Crippen LogP contribution in [-0.4, -0.2) is 16.1 Å². The van der Waals surface area contributed by atoms with E-state index in [0.29, 0.717) is 0 Å². The quantitative estimate of drug-likeness (QED) is 0.827. The van der Waals surface area contributed by atoms with Crippen LogP contribution < -0.4 is 0 Å². The molecule has 7 heteroatoms. The molecule has 0 aliphatic heterocycles. The minimum Gasteiger partial charge on any atom is -0.477 e. The van der Waals surface area contributed by atoms with Crippen molar-refractivity contribution in [1.82, 2.24) is 4.98 Å². The molecule has 3 nitrogen and oxygen atoms in total. The zero-order chi connectivity index (χ0) is 12.8. The minimum absolute atomic E-state index is 0.0437. The molecule has 1 aromatic carbocycles. The van der Waals surface area contributed by atoms with Gasteiger partial charge in [0.25, 0.3) is 0 Å². The molecule has 1 heterocycles. The fourth-order valence-electron chi connectivity index (χ4n) is 1.55. The zero-order valence-electron chi connectivity index (χ0n) is 8.10. The molecule has 0 bridgehead atoms. The molecule has 2 aromatic rings. The molecule has 2 N–H and O–H groups in total. The summed E-state index contributed by atoms with van der Waals surface area (Å²) >= 11 is 5.55. The highest BCUT2D eigenvalue weighted by atomic mass is 35.5. The Balaban J connectivity index is 2.79. The van der Waals surface area contributed by atoms with E-state index in [4.69, 9.17) is 16.7 Å². The first kappa shape index (κ1) is 11.8. The molecule has 0 aliphatic rings. The second kappa shape index (κ2) is 3.66. The first-order valence-electron chi connectivity index (χ1n) is 4.42. The van der Waals surface area contributed by atoms with Gasteiger partial charge in [-0.05, 0) is 18.2 Å². The number of alkyl halides is 3. The minimum atomic E-state index is -4.58. The lowest BCUT2D eigenvalue weighted by atomic mass is 10.1. The Hall–Kier alpha value is -1.69. The van der Waals surface area contributed by atoms with Crippen molar-refractivity contribution in [3.8, 4) is 0 Å². The van der Waals surface area contributed by atoms with Gasteiger partial charge in [-0.15, -0.1) is 0 Å². The van der Waals surface area contributed by atoms with Crippen LogP contribution in [0.1, 0.15) is 16.1 Å². The third kappa shape index (κ3) is 2.08. The van der Waals surface area contributed by atoms with Crippen molar-refractivity contribution in [2.24, 2.45) is 0 Å². The van der Waals surface area contributed by atoms with E-state index in [1.807, 2.05) is 0 Å². The highest BCUT2D eigenvalue weighted by Crippen LogP contribution is 2.37. The molecule has 0 saturated heterocycles. The van der Waals surface area contributed by atoms with Crippen molar-refractivity contribution in [3.63, 3.8) is 0 Å². The number of hydrogen-bond acceptors (Lipinski definition) is 1. The number of rotatable bonds is 1. The molecule has 0 amide bonds. The molecule has 90 valence electrons. The highest BCUT2D eigenvalue weighted by molar-refractivity contribution is 6.31. The van der Waals surface area contributed by atoms with E-state index in [9.17, 15) is 18.0 Å². The van der Waals surface area contributed by atoms with Gasteiger partial charge in [0, 0.05) is 15.9 Å². The lowest BCUT2D eigenvalue weighted by molar-refractivity contribution is -0.136. The van der Waals surface area contributed by atoms with Gasteiger partial charge in [-0.25, -0.2) is 4.79 Å². The van der Waals surface area contributed by atoms with E-state index in [1.54, 1.807) is 0 Å². The lowest BCUT2D eigenvalue weighted by Crippen LogP contribution is -2.05. The standard InChI is InChI=1S/C10H5ClF3NO2/c11-4-1-6(10(12,13)14)5-3-8(9(16)17)15-7(5)2-4/h1-3,15H,(H,16,17). The number of aromatic amines is 1. The van der Waals surface area contributed by atoms with Crippen LogP contribution in [0.25, 0.3) is 10.9 Å². The van der Waals surface area contributed by atoms with E-state index in [2.05, 4.69) is 4.98 Å². The van der Waals surface area contributed by atoms with Crippen molar-refractivity contribution in [2.75, 3.05) is 0 Å². The number of aromatic carboxylic acids is 1. The van der Waals surface area contributed by atoms with Crippen LogP contribution in [-0.2, 0) is 6.18 Å². The molecule has 0 saturated carbocycles. The van der Waals surface area contributed by atoms with Crippen LogP contribution in [0.3, 0.4) is 0 Å². The lowest BCUT2D eigenvalue weighted by Gasteiger charge is -2.08. The summed E-state index contributed by atoms with van der Waals surface area (Å²) in [5.41, 5.74) is -1.22. The molecule has 0 unspecified atom stereocenters. The largest absolute Gasteiger partial charge is 0.477 e. The van der Waals surface area contributed by atoms with Crippen molar-refractivity contribution in [3.05, 3.63) is 34.5 Å². The van der Waals surface area contributed by atoms with Crippen LogP contribution in [0.2, 0.25) is 5.02 Å². The zero-order valence-corrected chi connectivity index (χ0v) is 8.86. The van der Waals surface area contributed by atoms with Gasteiger partial charge in [-0.3, -0.25) is 0 Å². The van der Waals surface area contributed by atoms with Gasteiger partial charge >= 0.3 is 12.1 Å². The maximum atomic E-state index is 12.7. The average Bonchev–Trinajstić information content (AvgIpc) is 2.58. The van der Waals surface area contributed by atoms with Crippen LogP contribution in [0.15, 0.2) is 18.2 Å². The van der Waals surface area contributed by atoms with Crippen LogP contribution in [0, 0.1) is 0 Å². The van der Waals surface area contributed by atoms with E-state index < -0.39 is 17.7 Å². The number of aromatic nitrogens is 1. The van der Waals surface area contributed by atoms with Crippen molar-refractivity contribution >= 4 is 28.5 Å². The van der Waals surface area contributed by atoms with Gasteiger partial charge in [0.05, 0.1) is 5.56 Å². The summed E-state index contributed by atoms with van der Waals surface area (Å²) in [5.74, 6) is -1.33. The predicted molar refractivity (Wildman–Crippen MR) is 55.3 cm³/mol. The number of nitrogens with one attached hydrogen (secondary N) is 1. The average molecular weight is 264 g/mol. The topological polar surface area (TPSA) is 53.1 Å². The molecule has 1 aromatic heterocycles. The fraction of sp³-hybridized carbons (Fsp3) is 0.100. The summed E-state index contributed by atoms with van der Waals surface area (Å²) in [6.45, 7) is 0. The first-order chi connectivity index (χ1) is 7.79. The van der Waals surface area contributed by atoms with Gasteiger partial charge < -0.3 is 10.1 Å². The molecule has 0 spiro atoms. The van der Waals surface area contributed by atoms with Crippen LogP contribution >= 0.6 is 11.6 Å². The van der Waals surface area contributed by atoms with Gasteiger partial charge in [-0.1, -0.05) is 11.6 Å². The Morgan fingerprint density at radius 3 is 2.47 bits per heavy atom. The number of carboxylic acid groups (broad SMARTS) is 1. The second-order valence-corrected chi connectivity index (χ2v) is 3.84. The summed E-state index contributed by atoms with van der Waals surface area (Å²) in [4.78, 5) is 13.0. The summed E-state index contributed by atoms with van der Waals surface area (Å²) in [6, 6.07) is 2.96. The van der Waals surface area contributed by atoms with E-state index in [1.165, 1.54) is 6.07 Å². The second-order valence-electron chi connectivity index (χ2n) is 3.40. The van der Waals surface area contributed by atoms with Crippen LogP contribution in [0.5, 0.6) is 0 Å². The monoisotopic (exact) mass is 263 g/mol. The van der Waals surface area contributed by atoms with Gasteiger partial charge in [-0.2, -0.15) is 13.2 Å². The van der Waals surface area contributed by atoms with Crippen molar-refractivity contribution in [1.29, 1.82) is 0 Å². The first-order valence-corrected chi connectivity index (χ1v) is 4.79. The summed E-state index contributed by atoms with van der Waals surface area (Å²) in [5, 5.41) is 8.39. The fourth-order valence-corrected chi connectivity index (χ4v) is 1.77. The Morgan fingerprint density at radius 2 is 1.94 bits per heavy atom. The Morgan fingerprint density at radius 1 is 1.29 bits per heavy atom. The van der Waals surface area contributed by atoms with Gasteiger partial charge in [0.2, 0.25) is 0 Å². The highest BCUT2D eigenvalue weighted by Gasteiger charge is 2.33. The summed E-state index contributed by atoms with van der Waals surface area (Å²) < 4.78 is 38.1.